The van der Waals surface area contributed by atoms with Gasteiger partial charge in [-0.3, -0.25) is 0 Å². The number of rotatable bonds is 8. The third kappa shape index (κ3) is 6.06. The van der Waals surface area contributed by atoms with Crippen molar-refractivity contribution in [1.82, 2.24) is 0 Å². The van der Waals surface area contributed by atoms with Crippen molar-refractivity contribution < 1.29 is 29.2 Å². The lowest BCUT2D eigenvalue weighted by molar-refractivity contribution is -0.288. The van der Waals surface area contributed by atoms with Gasteiger partial charge < -0.3 is 24.8 Å². The molecule has 1 aliphatic heterocycles. The van der Waals surface area contributed by atoms with E-state index in [-0.39, 0.29) is 6.61 Å². The number of aryl methyl sites for hydroxylation is 2. The lowest BCUT2D eigenvalue weighted by Gasteiger charge is -2.38. The number of thioether (sulfide) groups is 1. The number of hydrogen-bond donors (Lipinski definition) is 3. The van der Waals surface area contributed by atoms with Crippen molar-refractivity contribution >= 4 is 11.8 Å². The van der Waals surface area contributed by atoms with Crippen LogP contribution in [-0.4, -0.2) is 65.1 Å². The van der Waals surface area contributed by atoms with Crippen LogP contribution >= 0.6 is 11.8 Å². The molecule has 0 spiro atoms. The average Bonchev–Trinajstić information content (AvgIpc) is 2.62. The fourth-order valence-electron chi connectivity index (χ4n) is 2.44. The molecule has 0 bridgehead atoms. The summed E-state index contributed by atoms with van der Waals surface area (Å²) < 4.78 is 24.0. The molecule has 1 aromatic rings. The largest absolute Gasteiger partial charge is 0.394 e. The molecule has 0 amide bonds. The summed E-state index contributed by atoms with van der Waals surface area (Å²) >= 11 is 1.63. The molecule has 1 aliphatic rings. The van der Waals surface area contributed by atoms with Gasteiger partial charge in [-0.1, -0.05) is 35.9 Å². The second kappa shape index (κ2) is 10.3. The van der Waals surface area contributed by atoms with Crippen LogP contribution in [0.1, 0.15) is 11.1 Å². The van der Waals surface area contributed by atoms with Crippen molar-refractivity contribution in [1.29, 1.82) is 0 Å². The van der Waals surface area contributed by atoms with E-state index in [1.165, 1.54) is 11.1 Å². The van der Waals surface area contributed by atoms with E-state index in [1.807, 2.05) is 5.41 Å². The number of hydrogen-bond acceptors (Lipinski definition) is 6. The number of benzene rings is 1. The number of ether oxygens (including phenoxy) is 2. The first-order chi connectivity index (χ1) is 12.0. The molecule has 1 heterocycles. The Morgan fingerprint density at radius 2 is 1.96 bits per heavy atom. The third-order valence-electron chi connectivity index (χ3n) is 3.98. The van der Waals surface area contributed by atoms with Crippen LogP contribution in [0.3, 0.4) is 0 Å². The standard InChI is InChI=1S/C18H25FO5S/c1-12-3-5-13(6-4-12)7-10-25-9-2-8-23-18-17(22)16(21)15(19)14(11-20)24-18/h2-6,9,14-18,20-22H,7-8,10-11H2,1H3/b9-2-. The van der Waals surface area contributed by atoms with Crippen molar-refractivity contribution in [2.75, 3.05) is 19.0 Å². The smallest absolute Gasteiger partial charge is 0.187 e. The van der Waals surface area contributed by atoms with Crippen LogP contribution in [-0.2, 0) is 15.9 Å². The predicted molar refractivity (Wildman–Crippen MR) is 95.1 cm³/mol. The average molecular weight is 372 g/mol. The molecule has 1 saturated heterocycles. The van der Waals surface area contributed by atoms with Gasteiger partial charge in [0, 0.05) is 5.75 Å². The first-order valence-electron chi connectivity index (χ1n) is 8.23. The molecule has 25 heavy (non-hydrogen) atoms. The highest BCUT2D eigenvalue weighted by molar-refractivity contribution is 8.02. The van der Waals surface area contributed by atoms with E-state index in [0.29, 0.717) is 0 Å². The lowest BCUT2D eigenvalue weighted by atomic mass is 10.0. The van der Waals surface area contributed by atoms with E-state index in [9.17, 15) is 14.6 Å². The summed E-state index contributed by atoms with van der Waals surface area (Å²) in [7, 11) is 0. The predicted octanol–water partition coefficient (Wildman–Crippen LogP) is 1.58. The maximum absolute atomic E-state index is 13.6. The summed E-state index contributed by atoms with van der Waals surface area (Å²) in [5, 5.41) is 30.3. The molecular formula is C18H25FO5S. The molecule has 0 aliphatic carbocycles. The maximum Gasteiger partial charge on any atom is 0.187 e. The van der Waals surface area contributed by atoms with Gasteiger partial charge in [-0.2, -0.15) is 0 Å². The number of alkyl halides is 1. The van der Waals surface area contributed by atoms with Crippen LogP contribution in [0.5, 0.6) is 0 Å². The molecule has 3 N–H and O–H groups in total. The molecule has 2 rings (SSSR count). The molecule has 0 saturated carbocycles. The Hall–Kier alpha value is -0.960. The summed E-state index contributed by atoms with van der Waals surface area (Å²) in [5.74, 6) is 0.928. The van der Waals surface area contributed by atoms with Crippen molar-refractivity contribution in [3.8, 4) is 0 Å². The van der Waals surface area contributed by atoms with Crippen molar-refractivity contribution in [2.45, 2.75) is 44.1 Å². The number of aliphatic hydroxyl groups is 3. The number of halogens is 1. The van der Waals surface area contributed by atoms with Gasteiger partial charge in [-0.15, -0.1) is 11.8 Å². The molecule has 1 aromatic carbocycles. The van der Waals surface area contributed by atoms with E-state index in [0.717, 1.165) is 12.2 Å². The first-order valence-corrected chi connectivity index (χ1v) is 9.28. The Bertz CT molecular complexity index is 537. The van der Waals surface area contributed by atoms with Crippen LogP contribution in [0.25, 0.3) is 0 Å². The fourth-order valence-corrected chi connectivity index (χ4v) is 3.14. The third-order valence-corrected chi connectivity index (χ3v) is 4.80. The second-order valence-electron chi connectivity index (χ2n) is 5.96. The van der Waals surface area contributed by atoms with Crippen LogP contribution in [0, 0.1) is 6.92 Å². The van der Waals surface area contributed by atoms with Gasteiger partial charge in [0.1, 0.15) is 18.3 Å². The molecule has 0 radical (unpaired) electrons. The SMILES string of the molecule is Cc1ccc(CCS/C=C\COC2OC(CO)C(F)C(O)C2O)cc1. The van der Waals surface area contributed by atoms with Crippen molar-refractivity contribution in [2.24, 2.45) is 0 Å². The van der Waals surface area contributed by atoms with Gasteiger partial charge in [0.05, 0.1) is 13.2 Å². The van der Waals surface area contributed by atoms with Crippen LogP contribution in [0.2, 0.25) is 0 Å². The zero-order valence-electron chi connectivity index (χ0n) is 14.1. The highest BCUT2D eigenvalue weighted by atomic mass is 32.2. The Morgan fingerprint density at radius 3 is 2.64 bits per heavy atom. The molecular weight excluding hydrogens is 347 g/mol. The van der Waals surface area contributed by atoms with E-state index in [1.54, 1.807) is 17.8 Å². The number of aliphatic hydroxyl groups excluding tert-OH is 3. The lowest BCUT2D eigenvalue weighted by Crippen LogP contribution is -2.57. The van der Waals surface area contributed by atoms with E-state index < -0.39 is 37.4 Å². The summed E-state index contributed by atoms with van der Waals surface area (Å²) in [6, 6.07) is 8.42. The summed E-state index contributed by atoms with van der Waals surface area (Å²) in [4.78, 5) is 0. The topological polar surface area (TPSA) is 79.2 Å². The second-order valence-corrected chi connectivity index (χ2v) is 6.98. The van der Waals surface area contributed by atoms with Gasteiger partial charge in [-0.25, -0.2) is 4.39 Å². The monoisotopic (exact) mass is 372 g/mol. The quantitative estimate of drug-likeness (QED) is 0.602. The first kappa shape index (κ1) is 20.4. The molecule has 5 atom stereocenters. The molecule has 7 heteroatoms. The van der Waals surface area contributed by atoms with Gasteiger partial charge in [0.15, 0.2) is 12.5 Å². The minimum atomic E-state index is -1.84. The molecule has 0 aromatic heterocycles. The highest BCUT2D eigenvalue weighted by Crippen LogP contribution is 2.24. The zero-order chi connectivity index (χ0) is 18.2. The summed E-state index contributed by atoms with van der Waals surface area (Å²) in [6.45, 7) is 1.63. The molecule has 5 nitrogen and oxygen atoms in total. The summed E-state index contributed by atoms with van der Waals surface area (Å²) in [5.41, 5.74) is 2.53. The van der Waals surface area contributed by atoms with Crippen molar-refractivity contribution in [3.63, 3.8) is 0 Å². The van der Waals surface area contributed by atoms with Crippen LogP contribution < -0.4 is 0 Å². The Balaban J connectivity index is 1.65. The highest BCUT2D eigenvalue weighted by Gasteiger charge is 2.45. The Labute approximate surface area is 151 Å². The van der Waals surface area contributed by atoms with E-state index >= 15 is 0 Å². The van der Waals surface area contributed by atoms with Crippen molar-refractivity contribution in [3.05, 3.63) is 46.9 Å². The molecule has 140 valence electrons. The van der Waals surface area contributed by atoms with Crippen LogP contribution in [0.4, 0.5) is 4.39 Å². The normalized spacial score (nSPS) is 30.0. The van der Waals surface area contributed by atoms with E-state index in [2.05, 4.69) is 31.2 Å². The van der Waals surface area contributed by atoms with Crippen LogP contribution in [0.15, 0.2) is 35.7 Å². The molecule has 5 unspecified atom stereocenters. The summed E-state index contributed by atoms with van der Waals surface area (Å²) in [6.07, 6.45) is -4.60. The minimum absolute atomic E-state index is 0.154. The molecule has 1 fully saturated rings. The van der Waals surface area contributed by atoms with Gasteiger partial charge >= 0.3 is 0 Å². The Morgan fingerprint density at radius 1 is 1.24 bits per heavy atom. The minimum Gasteiger partial charge on any atom is -0.394 e. The van der Waals surface area contributed by atoms with Gasteiger partial charge in [-0.05, 0) is 24.3 Å². The Kier molecular flexibility index (Phi) is 8.35. The van der Waals surface area contributed by atoms with Gasteiger partial charge in [0.25, 0.3) is 0 Å². The van der Waals surface area contributed by atoms with Gasteiger partial charge in [0.2, 0.25) is 0 Å². The van der Waals surface area contributed by atoms with E-state index in [4.69, 9.17) is 14.6 Å². The maximum atomic E-state index is 13.6. The zero-order valence-corrected chi connectivity index (χ0v) is 14.9. The fraction of sp³-hybridized carbons (Fsp3) is 0.556.